The minimum absolute atomic E-state index is 0.274. The normalized spacial score (nSPS) is 11.4. The predicted molar refractivity (Wildman–Crippen MR) is 57.5 cm³/mol. The van der Waals surface area contributed by atoms with E-state index in [1.165, 1.54) is 26.0 Å². The molecule has 0 saturated carbocycles. The smallest absolute Gasteiger partial charge is 0.454 e. The summed E-state index contributed by atoms with van der Waals surface area (Å²) in [5.74, 6) is -1.34. The Hall–Kier alpha value is -1.52. The van der Waals surface area contributed by atoms with Crippen LogP contribution in [0.25, 0.3) is 0 Å². The molecule has 2 nitrogen and oxygen atoms in total. The number of halogens is 3. The number of benzene rings is 1. The van der Waals surface area contributed by atoms with Gasteiger partial charge in [-0.25, -0.2) is 0 Å². The molecule has 1 aromatic rings. The van der Waals surface area contributed by atoms with Crippen LogP contribution in [0.15, 0.2) is 12.1 Å². The second kappa shape index (κ2) is 4.77. The fraction of sp³-hybridized carbons (Fsp3) is 0.417. The van der Waals surface area contributed by atoms with Gasteiger partial charge in [0, 0.05) is 5.56 Å². The van der Waals surface area contributed by atoms with Crippen molar-refractivity contribution in [2.24, 2.45) is 0 Å². The van der Waals surface area contributed by atoms with Crippen LogP contribution in [0.1, 0.15) is 28.4 Å². The van der Waals surface area contributed by atoms with Crippen LogP contribution in [0.4, 0.5) is 13.2 Å². The van der Waals surface area contributed by atoms with Crippen molar-refractivity contribution < 1.29 is 22.7 Å². The van der Waals surface area contributed by atoms with Crippen LogP contribution in [0, 0.1) is 13.8 Å². The Balaban J connectivity index is 3.23. The van der Waals surface area contributed by atoms with E-state index in [0.29, 0.717) is 12.4 Å². The van der Waals surface area contributed by atoms with Crippen molar-refractivity contribution in [2.45, 2.75) is 26.9 Å². The van der Waals surface area contributed by atoms with E-state index < -0.39 is 12.0 Å². The van der Waals surface area contributed by atoms with Crippen LogP contribution in [-0.4, -0.2) is 18.6 Å². The third-order valence-electron chi connectivity index (χ3n) is 2.30. The third kappa shape index (κ3) is 2.99. The topological polar surface area (TPSA) is 26.3 Å². The van der Waals surface area contributed by atoms with Gasteiger partial charge in [-0.2, -0.15) is 13.2 Å². The molecule has 0 fully saturated rings. The highest BCUT2D eigenvalue weighted by Gasteiger charge is 2.40. The van der Waals surface area contributed by atoms with Gasteiger partial charge in [0.25, 0.3) is 5.78 Å². The summed E-state index contributed by atoms with van der Waals surface area (Å²) in [4.78, 5) is 11.2. The standard InChI is InChI=1S/C12H13F3O2/c1-4-17-9-5-7(2)10(8(3)6-9)11(16)12(13,14)15/h5-6H,4H2,1-3H3. The molecule has 0 amide bonds. The first-order chi connectivity index (χ1) is 7.77. The molecule has 94 valence electrons. The Morgan fingerprint density at radius 3 is 2.06 bits per heavy atom. The summed E-state index contributed by atoms with van der Waals surface area (Å²) >= 11 is 0. The van der Waals surface area contributed by atoms with Crippen LogP contribution in [0.2, 0.25) is 0 Å². The summed E-state index contributed by atoms with van der Waals surface area (Å²) in [6.07, 6.45) is -4.84. The molecule has 0 saturated heterocycles. The van der Waals surface area contributed by atoms with Gasteiger partial charge in [0.15, 0.2) is 0 Å². The van der Waals surface area contributed by atoms with Gasteiger partial charge in [0.1, 0.15) is 5.75 Å². The van der Waals surface area contributed by atoms with Gasteiger partial charge in [-0.1, -0.05) is 0 Å². The minimum Gasteiger partial charge on any atom is -0.494 e. The van der Waals surface area contributed by atoms with Crippen LogP contribution >= 0.6 is 0 Å². The molecule has 5 heteroatoms. The summed E-state index contributed by atoms with van der Waals surface area (Å²) in [5.41, 5.74) is 0.257. The summed E-state index contributed by atoms with van der Waals surface area (Å²) in [6.45, 7) is 5.13. The number of carbonyl (C=O) groups is 1. The van der Waals surface area contributed by atoms with E-state index in [4.69, 9.17) is 4.74 Å². The lowest BCUT2D eigenvalue weighted by molar-refractivity contribution is -0.0886. The van der Waals surface area contributed by atoms with Crippen molar-refractivity contribution in [3.8, 4) is 5.75 Å². The predicted octanol–water partition coefficient (Wildman–Crippen LogP) is 3.45. The summed E-state index contributed by atoms with van der Waals surface area (Å²) in [7, 11) is 0. The van der Waals surface area contributed by atoms with Crippen molar-refractivity contribution in [2.75, 3.05) is 6.61 Å². The Labute approximate surface area is 97.4 Å². The molecular formula is C12H13F3O2. The van der Waals surface area contributed by atoms with Crippen molar-refractivity contribution in [3.63, 3.8) is 0 Å². The fourth-order valence-electron chi connectivity index (χ4n) is 1.67. The van der Waals surface area contributed by atoms with E-state index >= 15 is 0 Å². The molecule has 1 rings (SSSR count). The number of hydrogen-bond donors (Lipinski definition) is 0. The second-order valence-electron chi connectivity index (χ2n) is 3.69. The first-order valence-electron chi connectivity index (χ1n) is 5.13. The minimum atomic E-state index is -4.84. The number of alkyl halides is 3. The van der Waals surface area contributed by atoms with Crippen molar-refractivity contribution in [3.05, 3.63) is 28.8 Å². The SMILES string of the molecule is CCOc1cc(C)c(C(=O)C(F)(F)F)c(C)c1. The zero-order chi connectivity index (χ0) is 13.2. The van der Waals surface area contributed by atoms with E-state index in [1.54, 1.807) is 6.92 Å². The van der Waals surface area contributed by atoms with Gasteiger partial charge < -0.3 is 4.74 Å². The van der Waals surface area contributed by atoms with Gasteiger partial charge in [0.2, 0.25) is 0 Å². The van der Waals surface area contributed by atoms with E-state index in [0.717, 1.165) is 0 Å². The van der Waals surface area contributed by atoms with E-state index in [2.05, 4.69) is 0 Å². The number of rotatable bonds is 3. The van der Waals surface area contributed by atoms with Crippen molar-refractivity contribution in [1.82, 2.24) is 0 Å². The Morgan fingerprint density at radius 2 is 1.71 bits per heavy atom. The number of aryl methyl sites for hydroxylation is 2. The lowest BCUT2D eigenvalue weighted by Gasteiger charge is -2.13. The third-order valence-corrected chi connectivity index (χ3v) is 2.30. The highest BCUT2D eigenvalue weighted by Crippen LogP contribution is 2.28. The number of Topliss-reactive ketones (excluding diaryl/α,β-unsaturated/α-hetero) is 1. The number of ether oxygens (including phenoxy) is 1. The highest BCUT2D eigenvalue weighted by atomic mass is 19.4. The summed E-state index contributed by atoms with van der Waals surface area (Å²) in [5, 5.41) is 0. The first kappa shape index (κ1) is 13.5. The molecule has 0 N–H and O–H groups in total. The average Bonchev–Trinajstić information content (AvgIpc) is 2.15. The maximum absolute atomic E-state index is 12.4. The van der Waals surface area contributed by atoms with Gasteiger partial charge >= 0.3 is 6.18 Å². The Kier molecular flexibility index (Phi) is 3.80. The van der Waals surface area contributed by atoms with Crippen molar-refractivity contribution >= 4 is 5.78 Å². The van der Waals surface area contributed by atoms with Crippen LogP contribution < -0.4 is 4.74 Å². The molecule has 0 spiro atoms. The van der Waals surface area contributed by atoms with Gasteiger partial charge in [0.05, 0.1) is 6.61 Å². The van der Waals surface area contributed by atoms with E-state index in [-0.39, 0.29) is 16.7 Å². The number of ketones is 1. The lowest BCUT2D eigenvalue weighted by Crippen LogP contribution is -2.24. The number of hydrogen-bond acceptors (Lipinski definition) is 2. The molecule has 17 heavy (non-hydrogen) atoms. The maximum atomic E-state index is 12.4. The summed E-state index contributed by atoms with van der Waals surface area (Å²) in [6, 6.07) is 2.88. The monoisotopic (exact) mass is 246 g/mol. The first-order valence-corrected chi connectivity index (χ1v) is 5.13. The maximum Gasteiger partial charge on any atom is 0.454 e. The van der Waals surface area contributed by atoms with Gasteiger partial charge in [-0.3, -0.25) is 4.79 Å². The molecule has 0 radical (unpaired) electrons. The second-order valence-corrected chi connectivity index (χ2v) is 3.69. The van der Waals surface area contributed by atoms with Gasteiger partial charge in [-0.15, -0.1) is 0 Å². The number of carbonyl (C=O) groups excluding carboxylic acids is 1. The molecule has 0 aromatic heterocycles. The van der Waals surface area contributed by atoms with E-state index in [9.17, 15) is 18.0 Å². The molecule has 0 aliphatic carbocycles. The fourth-order valence-corrected chi connectivity index (χ4v) is 1.67. The van der Waals surface area contributed by atoms with Crippen molar-refractivity contribution in [1.29, 1.82) is 0 Å². The molecule has 0 atom stereocenters. The largest absolute Gasteiger partial charge is 0.494 e. The Morgan fingerprint density at radius 1 is 1.24 bits per heavy atom. The summed E-state index contributed by atoms with van der Waals surface area (Å²) < 4.78 is 42.3. The quantitative estimate of drug-likeness (QED) is 0.763. The van der Waals surface area contributed by atoms with E-state index in [1.807, 2.05) is 0 Å². The van der Waals surface area contributed by atoms with Crippen LogP contribution in [0.5, 0.6) is 5.75 Å². The molecule has 0 aliphatic rings. The van der Waals surface area contributed by atoms with Crippen LogP contribution in [0.3, 0.4) is 0 Å². The zero-order valence-corrected chi connectivity index (χ0v) is 9.81. The molecule has 0 unspecified atom stereocenters. The molecule has 0 bridgehead atoms. The molecule has 0 heterocycles. The zero-order valence-electron chi connectivity index (χ0n) is 9.81. The molecule has 0 aliphatic heterocycles. The van der Waals surface area contributed by atoms with Gasteiger partial charge in [-0.05, 0) is 44.0 Å². The molecular weight excluding hydrogens is 233 g/mol. The lowest BCUT2D eigenvalue weighted by atomic mass is 9.98. The highest BCUT2D eigenvalue weighted by molar-refractivity contribution is 6.02. The van der Waals surface area contributed by atoms with Crippen LogP contribution in [-0.2, 0) is 0 Å². The molecule has 1 aromatic carbocycles. The average molecular weight is 246 g/mol. The Bertz CT molecular complexity index is 413.